The zero-order valence-electron chi connectivity index (χ0n) is 25.6. The van der Waals surface area contributed by atoms with Crippen molar-refractivity contribution in [1.29, 1.82) is 0 Å². The Morgan fingerprint density at radius 1 is 0.956 bits per heavy atom. The van der Waals surface area contributed by atoms with Crippen molar-refractivity contribution in [1.82, 2.24) is 26.4 Å². The molecule has 0 saturated heterocycles. The monoisotopic (exact) mass is 621 g/mol. The van der Waals surface area contributed by atoms with Gasteiger partial charge < -0.3 is 31.7 Å². The molecule has 2 aromatic rings. The molecule has 0 aliphatic carbocycles. The van der Waals surface area contributed by atoms with Crippen LogP contribution >= 0.6 is 0 Å². The number of carbonyl (C=O) groups excluding carboxylic acids is 5. The Bertz CT molecular complexity index is 1430. The number of nitrogens with one attached hydrogen (secondary N) is 5. The number of anilines is 1. The van der Waals surface area contributed by atoms with E-state index in [0.717, 1.165) is 10.6 Å². The number of nitrogens with zero attached hydrogens (tertiary/aromatic N) is 3. The summed E-state index contributed by atoms with van der Waals surface area (Å²) >= 11 is 0. The molecule has 7 N–H and O–H groups in total. The average Bonchev–Trinajstić information content (AvgIpc) is 3.01. The summed E-state index contributed by atoms with van der Waals surface area (Å²) in [5, 5.41) is 19.8. The standard InChI is InChI=1S/C30H39N9O6/c1-18(2)25(33-20(4)40)28(42)35-24(11-8-16-32-29(31)43)27(41)34-23-14-12-21(13-15-23)17-45-30(44)39-19(3)36-37-26(38-39)22-9-6-5-7-10-22/h5-7,9-10,12-15,18,24-25H,8,11,16-17H2,1-4H3,(H,33,40)(H,34,41)(H,35,42)(H,37,38)(H3,31,32,43). The number of hydrogen-bond acceptors (Lipinski definition) is 9. The highest BCUT2D eigenvalue weighted by Crippen LogP contribution is 2.14. The molecule has 0 bridgehead atoms. The van der Waals surface area contributed by atoms with Crippen LogP contribution in [0.2, 0.25) is 0 Å². The van der Waals surface area contributed by atoms with Gasteiger partial charge in [-0.25, -0.2) is 9.59 Å². The average molecular weight is 622 g/mol. The Balaban J connectivity index is 1.59. The maximum absolute atomic E-state index is 13.2. The van der Waals surface area contributed by atoms with Crippen molar-refractivity contribution >= 4 is 47.2 Å². The van der Waals surface area contributed by atoms with Gasteiger partial charge in [0.1, 0.15) is 18.7 Å². The molecule has 15 heteroatoms. The predicted octanol–water partition coefficient (Wildman–Crippen LogP) is 1.96. The van der Waals surface area contributed by atoms with E-state index in [-0.39, 0.29) is 31.4 Å². The van der Waals surface area contributed by atoms with Gasteiger partial charge in [0.25, 0.3) is 0 Å². The molecule has 240 valence electrons. The summed E-state index contributed by atoms with van der Waals surface area (Å²) in [5.74, 6) is -0.896. The van der Waals surface area contributed by atoms with Crippen LogP contribution in [0.1, 0.15) is 51.7 Å². The number of hydrazine groups is 1. The Kier molecular flexibility index (Phi) is 12.4. The topological polar surface area (TPSA) is 209 Å². The minimum Gasteiger partial charge on any atom is -0.443 e. The highest BCUT2D eigenvalue weighted by atomic mass is 16.6. The first-order valence-corrected chi connectivity index (χ1v) is 14.4. The van der Waals surface area contributed by atoms with Crippen LogP contribution in [-0.2, 0) is 25.7 Å². The van der Waals surface area contributed by atoms with Crippen molar-refractivity contribution in [3.63, 3.8) is 0 Å². The molecule has 2 aromatic carbocycles. The molecular formula is C30H39N9O6. The fraction of sp³-hybridized carbons (Fsp3) is 0.367. The summed E-state index contributed by atoms with van der Waals surface area (Å²) in [7, 11) is 0. The third-order valence-electron chi connectivity index (χ3n) is 6.56. The smallest absolute Gasteiger partial charge is 0.435 e. The molecule has 3 rings (SSSR count). The molecule has 1 aliphatic rings. The lowest BCUT2D eigenvalue weighted by atomic mass is 10.0. The zero-order valence-corrected chi connectivity index (χ0v) is 25.6. The maximum Gasteiger partial charge on any atom is 0.435 e. The van der Waals surface area contributed by atoms with Crippen LogP contribution < -0.4 is 32.4 Å². The molecular weight excluding hydrogens is 582 g/mol. The van der Waals surface area contributed by atoms with Gasteiger partial charge in [-0.1, -0.05) is 56.3 Å². The molecule has 0 radical (unpaired) electrons. The molecule has 2 atom stereocenters. The second-order valence-corrected chi connectivity index (χ2v) is 10.6. The van der Waals surface area contributed by atoms with Crippen molar-refractivity contribution in [3.8, 4) is 0 Å². The Labute approximate surface area is 261 Å². The minimum absolute atomic E-state index is 0.0540. The Morgan fingerprint density at radius 2 is 1.64 bits per heavy atom. The van der Waals surface area contributed by atoms with Crippen molar-refractivity contribution in [2.75, 3.05) is 11.9 Å². The van der Waals surface area contributed by atoms with Crippen LogP contribution in [0, 0.1) is 5.92 Å². The quantitative estimate of drug-likeness (QED) is 0.183. The molecule has 1 heterocycles. The van der Waals surface area contributed by atoms with Gasteiger partial charge in [-0.3, -0.25) is 19.8 Å². The van der Waals surface area contributed by atoms with Gasteiger partial charge >= 0.3 is 12.1 Å². The number of amides is 6. The molecule has 6 amide bonds. The van der Waals surface area contributed by atoms with Crippen LogP contribution in [-0.4, -0.2) is 65.2 Å². The van der Waals surface area contributed by atoms with Crippen LogP contribution in [0.5, 0.6) is 0 Å². The van der Waals surface area contributed by atoms with E-state index in [1.165, 1.54) is 6.92 Å². The SMILES string of the molecule is CC(=O)NC(C(=O)NC(CCCNC(N)=O)C(=O)Nc1ccc(COC(=O)N2NC(c3ccccc3)=NN=C2C)cc1)C(C)C. The van der Waals surface area contributed by atoms with Crippen molar-refractivity contribution < 1.29 is 28.7 Å². The van der Waals surface area contributed by atoms with Crippen molar-refractivity contribution in [2.24, 2.45) is 21.9 Å². The fourth-order valence-electron chi connectivity index (χ4n) is 4.20. The molecule has 0 spiro atoms. The summed E-state index contributed by atoms with van der Waals surface area (Å²) in [4.78, 5) is 61.6. The third-order valence-corrected chi connectivity index (χ3v) is 6.56. The normalized spacial score (nSPS) is 13.8. The van der Waals surface area contributed by atoms with Crippen LogP contribution in [0.25, 0.3) is 0 Å². The first kappa shape index (κ1) is 34.0. The van der Waals surface area contributed by atoms with Crippen LogP contribution in [0.15, 0.2) is 64.8 Å². The number of amidine groups is 2. The van der Waals surface area contributed by atoms with E-state index >= 15 is 0 Å². The number of benzene rings is 2. The summed E-state index contributed by atoms with van der Waals surface area (Å²) in [6, 6.07) is 13.3. The van der Waals surface area contributed by atoms with Crippen molar-refractivity contribution in [2.45, 2.75) is 59.2 Å². The van der Waals surface area contributed by atoms with E-state index in [0.29, 0.717) is 29.3 Å². The molecule has 2 unspecified atom stereocenters. The molecule has 0 saturated carbocycles. The van der Waals surface area contributed by atoms with Gasteiger partial charge in [0.15, 0.2) is 11.7 Å². The number of rotatable bonds is 13. The summed E-state index contributed by atoms with van der Waals surface area (Å²) in [5.41, 5.74) is 9.87. The second kappa shape index (κ2) is 16.4. The highest BCUT2D eigenvalue weighted by Gasteiger charge is 2.28. The van der Waals surface area contributed by atoms with Crippen molar-refractivity contribution in [3.05, 3.63) is 65.7 Å². The zero-order chi connectivity index (χ0) is 32.9. The van der Waals surface area contributed by atoms with E-state index in [9.17, 15) is 24.0 Å². The molecule has 45 heavy (non-hydrogen) atoms. The van der Waals surface area contributed by atoms with E-state index in [2.05, 4.69) is 36.9 Å². The fourth-order valence-corrected chi connectivity index (χ4v) is 4.20. The van der Waals surface area contributed by atoms with E-state index in [1.54, 1.807) is 45.0 Å². The lowest BCUT2D eigenvalue weighted by molar-refractivity contribution is -0.131. The number of carbonyl (C=O) groups is 5. The molecule has 0 fully saturated rings. The Morgan fingerprint density at radius 3 is 2.27 bits per heavy atom. The first-order valence-electron chi connectivity index (χ1n) is 14.4. The first-order chi connectivity index (χ1) is 21.4. The van der Waals surface area contributed by atoms with E-state index in [4.69, 9.17) is 10.5 Å². The van der Waals surface area contributed by atoms with Gasteiger partial charge in [0.2, 0.25) is 17.7 Å². The lowest BCUT2D eigenvalue weighted by Crippen LogP contribution is -2.54. The number of urea groups is 1. The highest BCUT2D eigenvalue weighted by molar-refractivity contribution is 6.05. The lowest BCUT2D eigenvalue weighted by Gasteiger charge is -2.25. The molecule has 1 aliphatic heterocycles. The van der Waals surface area contributed by atoms with Gasteiger partial charge in [0.05, 0.1) is 0 Å². The van der Waals surface area contributed by atoms with Gasteiger partial charge in [-0.05, 0) is 43.4 Å². The second-order valence-electron chi connectivity index (χ2n) is 10.6. The molecule has 0 aromatic heterocycles. The summed E-state index contributed by atoms with van der Waals surface area (Å²) < 4.78 is 5.45. The van der Waals surface area contributed by atoms with Crippen LogP contribution in [0.4, 0.5) is 15.3 Å². The number of ether oxygens (including phenoxy) is 1. The third kappa shape index (κ3) is 10.6. The van der Waals surface area contributed by atoms with Gasteiger partial charge in [-0.2, -0.15) is 5.01 Å². The maximum atomic E-state index is 13.2. The van der Waals surface area contributed by atoms with Gasteiger partial charge in [-0.15, -0.1) is 10.2 Å². The largest absolute Gasteiger partial charge is 0.443 e. The molecule has 15 nitrogen and oxygen atoms in total. The van der Waals surface area contributed by atoms with E-state index < -0.39 is 36.0 Å². The Hall–Kier alpha value is -5.47. The van der Waals surface area contributed by atoms with Gasteiger partial charge in [0, 0.05) is 24.7 Å². The predicted molar refractivity (Wildman–Crippen MR) is 168 cm³/mol. The van der Waals surface area contributed by atoms with Crippen LogP contribution in [0.3, 0.4) is 0 Å². The summed E-state index contributed by atoms with van der Waals surface area (Å²) in [6.07, 6.45) is -0.131. The van der Waals surface area contributed by atoms with E-state index in [1.807, 2.05) is 30.3 Å². The minimum atomic E-state index is -0.964. The number of primary amides is 1. The number of nitrogens with two attached hydrogens (primary N) is 1. The number of hydrogen-bond donors (Lipinski definition) is 6. The summed E-state index contributed by atoms with van der Waals surface area (Å²) in [6.45, 7) is 6.63.